The molecule has 25 heavy (non-hydrogen) atoms. The highest BCUT2D eigenvalue weighted by Crippen LogP contribution is 2.20. The van der Waals surface area contributed by atoms with Crippen LogP contribution in [0, 0.1) is 6.92 Å². The second kappa shape index (κ2) is 8.27. The molecule has 0 bridgehead atoms. The van der Waals surface area contributed by atoms with E-state index in [2.05, 4.69) is 51.7 Å². The predicted octanol–water partition coefficient (Wildman–Crippen LogP) is 3.27. The van der Waals surface area contributed by atoms with Gasteiger partial charge in [-0.1, -0.05) is 12.1 Å². The topological polar surface area (TPSA) is 49.4 Å². The van der Waals surface area contributed by atoms with Crippen LogP contribution in [0.5, 0.6) is 0 Å². The maximum atomic E-state index is 5.41. The van der Waals surface area contributed by atoms with Crippen molar-refractivity contribution in [3.8, 4) is 0 Å². The smallest absolute Gasteiger partial charge is 0.172 e. The van der Waals surface area contributed by atoms with E-state index in [1.165, 1.54) is 11.3 Å². The van der Waals surface area contributed by atoms with Crippen molar-refractivity contribution in [3.63, 3.8) is 0 Å². The predicted molar refractivity (Wildman–Crippen MR) is 106 cm³/mol. The first-order chi connectivity index (χ1) is 12.1. The molecule has 2 heterocycles. The molecule has 1 atom stereocenters. The number of nitrogens with one attached hydrogen (secondary N) is 2. The third-order valence-electron chi connectivity index (χ3n) is 4.27. The van der Waals surface area contributed by atoms with Crippen LogP contribution in [-0.2, 0) is 4.74 Å². The molecule has 1 aromatic carbocycles. The number of morpholine rings is 1. The first kappa shape index (κ1) is 17.6. The van der Waals surface area contributed by atoms with Crippen LogP contribution in [0.4, 0.5) is 11.5 Å². The van der Waals surface area contributed by atoms with Gasteiger partial charge in [0, 0.05) is 25.0 Å². The van der Waals surface area contributed by atoms with E-state index < -0.39 is 0 Å². The minimum absolute atomic E-state index is 0.114. The second-order valence-corrected chi connectivity index (χ2v) is 6.64. The third-order valence-corrected chi connectivity index (χ3v) is 4.49. The number of aryl methyl sites for hydroxylation is 1. The molecule has 3 rings (SSSR count). The molecule has 2 N–H and O–H groups in total. The van der Waals surface area contributed by atoms with Crippen molar-refractivity contribution in [1.29, 1.82) is 0 Å². The lowest BCUT2D eigenvalue weighted by Gasteiger charge is -2.29. The summed E-state index contributed by atoms with van der Waals surface area (Å²) in [7, 11) is 0. The zero-order valence-corrected chi connectivity index (χ0v) is 15.5. The summed E-state index contributed by atoms with van der Waals surface area (Å²) < 4.78 is 5.41. The molecule has 1 aliphatic rings. The summed E-state index contributed by atoms with van der Waals surface area (Å²) in [4.78, 5) is 6.62. The largest absolute Gasteiger partial charge is 0.378 e. The van der Waals surface area contributed by atoms with Gasteiger partial charge >= 0.3 is 0 Å². The van der Waals surface area contributed by atoms with Crippen LogP contribution < -0.4 is 15.5 Å². The van der Waals surface area contributed by atoms with E-state index in [1.54, 1.807) is 6.20 Å². The van der Waals surface area contributed by atoms with Gasteiger partial charge in [-0.25, -0.2) is 4.98 Å². The molecule has 0 saturated carbocycles. The lowest BCUT2D eigenvalue weighted by Crippen LogP contribution is -2.36. The van der Waals surface area contributed by atoms with Crippen molar-refractivity contribution in [2.45, 2.75) is 19.9 Å². The minimum Gasteiger partial charge on any atom is -0.378 e. The van der Waals surface area contributed by atoms with Gasteiger partial charge in [-0.15, -0.1) is 0 Å². The molecular weight excluding hydrogens is 332 g/mol. The number of benzene rings is 1. The Hall–Kier alpha value is -2.18. The number of pyridine rings is 1. The second-order valence-electron chi connectivity index (χ2n) is 6.23. The number of hydrogen-bond acceptors (Lipinski definition) is 4. The number of aromatic nitrogens is 1. The molecule has 0 spiro atoms. The monoisotopic (exact) mass is 356 g/mol. The van der Waals surface area contributed by atoms with Crippen LogP contribution in [0.3, 0.4) is 0 Å². The van der Waals surface area contributed by atoms with Crippen molar-refractivity contribution < 1.29 is 4.74 Å². The van der Waals surface area contributed by atoms with Crippen LogP contribution in [-0.4, -0.2) is 36.4 Å². The van der Waals surface area contributed by atoms with E-state index in [9.17, 15) is 0 Å². The summed E-state index contributed by atoms with van der Waals surface area (Å²) in [5.41, 5.74) is 3.58. The number of rotatable bonds is 4. The SMILES string of the molecule is Cc1ccnc(NC(=S)NC(C)c2ccc(N3CCOCC3)cc2)c1. The van der Waals surface area contributed by atoms with Gasteiger partial charge in [-0.05, 0) is 61.5 Å². The molecule has 5 nitrogen and oxygen atoms in total. The Labute approximate surface area is 154 Å². The van der Waals surface area contributed by atoms with Crippen molar-refractivity contribution in [2.75, 3.05) is 36.5 Å². The Morgan fingerprint density at radius 3 is 2.60 bits per heavy atom. The highest BCUT2D eigenvalue weighted by Gasteiger charge is 2.12. The maximum absolute atomic E-state index is 5.41. The van der Waals surface area contributed by atoms with E-state index in [-0.39, 0.29) is 6.04 Å². The Morgan fingerprint density at radius 2 is 1.92 bits per heavy atom. The van der Waals surface area contributed by atoms with Crippen molar-refractivity contribution in [2.24, 2.45) is 0 Å². The summed E-state index contributed by atoms with van der Waals surface area (Å²) in [6.07, 6.45) is 1.77. The molecule has 0 aliphatic carbocycles. The van der Waals surface area contributed by atoms with Gasteiger partial charge in [0.05, 0.1) is 19.3 Å². The highest BCUT2D eigenvalue weighted by molar-refractivity contribution is 7.80. The van der Waals surface area contributed by atoms with Crippen molar-refractivity contribution in [3.05, 3.63) is 53.7 Å². The molecule has 0 amide bonds. The summed E-state index contributed by atoms with van der Waals surface area (Å²) in [5, 5.41) is 7.02. The van der Waals surface area contributed by atoms with E-state index >= 15 is 0 Å². The Balaban J connectivity index is 1.57. The molecule has 2 aromatic rings. The molecule has 1 aliphatic heterocycles. The van der Waals surface area contributed by atoms with E-state index in [1.807, 2.05) is 19.1 Å². The van der Waals surface area contributed by atoms with Gasteiger partial charge in [-0.3, -0.25) is 0 Å². The lowest BCUT2D eigenvalue weighted by molar-refractivity contribution is 0.122. The number of hydrogen-bond donors (Lipinski definition) is 2. The Bertz CT molecular complexity index is 714. The normalized spacial score (nSPS) is 15.5. The van der Waals surface area contributed by atoms with Crippen LogP contribution in [0.25, 0.3) is 0 Å². The number of nitrogens with zero attached hydrogens (tertiary/aromatic N) is 2. The maximum Gasteiger partial charge on any atom is 0.172 e. The summed E-state index contributed by atoms with van der Waals surface area (Å²) >= 11 is 5.40. The van der Waals surface area contributed by atoms with Gasteiger partial charge in [0.2, 0.25) is 0 Å². The molecular formula is C19H24N4OS. The minimum atomic E-state index is 0.114. The zero-order valence-electron chi connectivity index (χ0n) is 14.7. The summed E-state index contributed by atoms with van der Waals surface area (Å²) in [6, 6.07) is 12.7. The van der Waals surface area contributed by atoms with Crippen molar-refractivity contribution in [1.82, 2.24) is 10.3 Å². The van der Waals surface area contributed by atoms with Crippen LogP contribution in [0.2, 0.25) is 0 Å². The number of ether oxygens (including phenoxy) is 1. The average molecular weight is 356 g/mol. The Morgan fingerprint density at radius 1 is 1.20 bits per heavy atom. The Kier molecular flexibility index (Phi) is 5.83. The zero-order chi connectivity index (χ0) is 17.6. The van der Waals surface area contributed by atoms with Crippen molar-refractivity contribution >= 4 is 28.8 Å². The number of anilines is 2. The van der Waals surface area contributed by atoms with Crippen LogP contribution in [0.1, 0.15) is 24.1 Å². The van der Waals surface area contributed by atoms with Gasteiger partial charge < -0.3 is 20.3 Å². The molecule has 6 heteroatoms. The third kappa shape index (κ3) is 4.90. The standard InChI is InChI=1S/C19H24N4OS/c1-14-7-8-20-18(13-14)22-19(25)21-15(2)16-3-5-17(6-4-16)23-9-11-24-12-10-23/h3-8,13,15H,9-12H2,1-2H3,(H2,20,21,22,25). The van der Waals surface area contributed by atoms with Crippen LogP contribution >= 0.6 is 12.2 Å². The highest BCUT2D eigenvalue weighted by atomic mass is 32.1. The fraction of sp³-hybridized carbons (Fsp3) is 0.368. The average Bonchev–Trinajstić information content (AvgIpc) is 2.62. The molecule has 1 fully saturated rings. The molecule has 1 saturated heterocycles. The first-order valence-corrected chi connectivity index (χ1v) is 8.95. The fourth-order valence-electron chi connectivity index (χ4n) is 2.83. The van der Waals surface area contributed by atoms with Gasteiger partial charge in [0.25, 0.3) is 0 Å². The molecule has 1 aromatic heterocycles. The van der Waals surface area contributed by atoms with E-state index in [0.29, 0.717) is 5.11 Å². The summed E-state index contributed by atoms with van der Waals surface area (Å²) in [6.45, 7) is 7.62. The van der Waals surface area contributed by atoms with E-state index in [4.69, 9.17) is 17.0 Å². The molecule has 1 unspecified atom stereocenters. The first-order valence-electron chi connectivity index (χ1n) is 8.54. The quantitative estimate of drug-likeness (QED) is 0.820. The fourth-order valence-corrected chi connectivity index (χ4v) is 3.11. The molecule has 132 valence electrons. The van der Waals surface area contributed by atoms with Gasteiger partial charge in [0.15, 0.2) is 5.11 Å². The summed E-state index contributed by atoms with van der Waals surface area (Å²) in [5.74, 6) is 0.757. The number of thiocarbonyl (C=S) groups is 1. The van der Waals surface area contributed by atoms with Crippen LogP contribution in [0.15, 0.2) is 42.6 Å². The molecule has 0 radical (unpaired) electrons. The lowest BCUT2D eigenvalue weighted by atomic mass is 10.1. The van der Waals surface area contributed by atoms with E-state index in [0.717, 1.165) is 37.7 Å². The van der Waals surface area contributed by atoms with Gasteiger partial charge in [-0.2, -0.15) is 0 Å². The van der Waals surface area contributed by atoms with Gasteiger partial charge in [0.1, 0.15) is 5.82 Å².